The van der Waals surface area contributed by atoms with Crippen molar-refractivity contribution < 1.29 is 19.2 Å². The van der Waals surface area contributed by atoms with Crippen LogP contribution in [0, 0.1) is 23.7 Å². The monoisotopic (exact) mass is 451 g/mol. The summed E-state index contributed by atoms with van der Waals surface area (Å²) in [5.74, 6) is -2.64. The molecule has 9 heteroatoms. The van der Waals surface area contributed by atoms with Gasteiger partial charge in [-0.2, -0.15) is 0 Å². The summed E-state index contributed by atoms with van der Waals surface area (Å²) in [6.45, 7) is 4.04. The Morgan fingerprint density at radius 3 is 1.63 bits per heavy atom. The fourth-order valence-corrected chi connectivity index (χ4v) is 5.32. The average Bonchev–Trinajstić information content (AvgIpc) is 3.08. The molecule has 4 amide bonds. The van der Waals surface area contributed by atoms with E-state index in [2.05, 4.69) is 6.58 Å². The minimum Gasteiger partial charge on any atom is -0.274 e. The number of halogens is 2. The van der Waals surface area contributed by atoms with Gasteiger partial charge in [0.2, 0.25) is 23.6 Å². The number of amides is 4. The third-order valence-corrected chi connectivity index (χ3v) is 7.01. The molecule has 2 heterocycles. The van der Waals surface area contributed by atoms with Crippen molar-refractivity contribution in [1.82, 2.24) is 14.7 Å². The first kappa shape index (κ1) is 21.3. The molecule has 0 spiro atoms. The summed E-state index contributed by atoms with van der Waals surface area (Å²) in [5, 5.41) is 1.20. The Balaban J connectivity index is 1.47. The van der Waals surface area contributed by atoms with E-state index in [0.29, 0.717) is 42.3 Å². The zero-order valence-electron chi connectivity index (χ0n) is 16.4. The average molecular weight is 452 g/mol. The van der Waals surface area contributed by atoms with Crippen LogP contribution in [-0.2, 0) is 19.2 Å². The van der Waals surface area contributed by atoms with Gasteiger partial charge >= 0.3 is 0 Å². The number of carbonyl (C=O) groups is 4. The molecule has 7 nitrogen and oxygen atoms in total. The predicted molar refractivity (Wildman–Crippen MR) is 111 cm³/mol. The summed E-state index contributed by atoms with van der Waals surface area (Å²) in [5.41, 5.74) is 0. The van der Waals surface area contributed by atoms with Gasteiger partial charge in [0, 0.05) is 16.6 Å². The highest BCUT2D eigenvalue weighted by atomic mass is 35.5. The Morgan fingerprint density at radius 1 is 0.833 bits per heavy atom. The number of nitrogens with zero attached hydrogens (tertiary/aromatic N) is 3. The Hall–Kier alpha value is -1.96. The van der Waals surface area contributed by atoms with E-state index in [-0.39, 0.29) is 37.0 Å². The summed E-state index contributed by atoms with van der Waals surface area (Å²) in [4.78, 5) is 55.5. The molecule has 2 fully saturated rings. The molecule has 160 valence electrons. The number of likely N-dealkylation sites (tertiary alicyclic amines) is 2. The molecule has 0 bridgehead atoms. The zero-order chi connectivity index (χ0) is 21.6. The second-order valence-electron chi connectivity index (χ2n) is 8.24. The van der Waals surface area contributed by atoms with E-state index in [1.807, 2.05) is 0 Å². The molecule has 0 aromatic carbocycles. The molecule has 0 N–H and O–H groups in total. The third kappa shape index (κ3) is 3.63. The van der Waals surface area contributed by atoms with Crippen LogP contribution in [0.1, 0.15) is 25.7 Å². The van der Waals surface area contributed by atoms with Crippen molar-refractivity contribution in [2.75, 3.05) is 19.9 Å². The molecule has 4 rings (SSSR count). The fourth-order valence-electron chi connectivity index (χ4n) is 4.81. The number of imide groups is 2. The highest BCUT2D eigenvalue weighted by molar-refractivity contribution is 6.30. The van der Waals surface area contributed by atoms with Crippen molar-refractivity contribution in [2.24, 2.45) is 23.7 Å². The molecule has 2 aliphatic heterocycles. The molecule has 0 aromatic heterocycles. The van der Waals surface area contributed by atoms with Gasteiger partial charge in [0.15, 0.2) is 0 Å². The molecule has 4 atom stereocenters. The molecule has 2 aliphatic carbocycles. The Bertz CT molecular complexity index is 817. The van der Waals surface area contributed by atoms with E-state index < -0.39 is 23.7 Å². The van der Waals surface area contributed by atoms with Crippen molar-refractivity contribution in [1.29, 1.82) is 0 Å². The number of fused-ring (bicyclic) bond motifs is 2. The molecule has 0 saturated carbocycles. The second kappa shape index (κ2) is 8.29. The van der Waals surface area contributed by atoms with Crippen molar-refractivity contribution >= 4 is 46.8 Å². The fraction of sp³-hybridized carbons (Fsp3) is 0.524. The van der Waals surface area contributed by atoms with Crippen molar-refractivity contribution in [3.8, 4) is 0 Å². The highest BCUT2D eigenvalue weighted by Crippen LogP contribution is 2.40. The number of allylic oxidation sites excluding steroid dienone is 4. The van der Waals surface area contributed by atoms with Crippen molar-refractivity contribution in [3.05, 3.63) is 34.9 Å². The lowest BCUT2D eigenvalue weighted by Crippen LogP contribution is -2.48. The van der Waals surface area contributed by atoms with Gasteiger partial charge in [-0.05, 0) is 25.7 Å². The van der Waals surface area contributed by atoms with E-state index in [9.17, 15) is 19.2 Å². The Morgan fingerprint density at radius 2 is 1.23 bits per heavy atom. The smallest absolute Gasteiger partial charge is 0.234 e. The lowest BCUT2D eigenvalue weighted by molar-refractivity contribution is -0.145. The summed E-state index contributed by atoms with van der Waals surface area (Å²) in [7, 11) is 0. The molecule has 2 saturated heterocycles. The molecular weight excluding hydrogens is 429 g/mol. The lowest BCUT2D eigenvalue weighted by atomic mass is 9.85. The van der Waals surface area contributed by atoms with Gasteiger partial charge in [-0.15, -0.1) is 6.58 Å². The predicted octanol–water partition coefficient (Wildman–Crippen LogP) is 2.42. The van der Waals surface area contributed by atoms with Gasteiger partial charge in [0.25, 0.3) is 0 Å². The van der Waals surface area contributed by atoms with Crippen LogP contribution in [0.2, 0.25) is 0 Å². The molecule has 30 heavy (non-hydrogen) atoms. The maximum Gasteiger partial charge on any atom is 0.234 e. The third-order valence-electron chi connectivity index (χ3n) is 6.39. The van der Waals surface area contributed by atoms with E-state index in [1.54, 1.807) is 23.1 Å². The summed E-state index contributed by atoms with van der Waals surface area (Å²) < 4.78 is 0. The highest BCUT2D eigenvalue weighted by Gasteiger charge is 2.50. The number of carbonyl (C=O) groups excluding carboxylic acids is 4. The summed E-state index contributed by atoms with van der Waals surface area (Å²) >= 11 is 12.2. The van der Waals surface area contributed by atoms with E-state index in [1.165, 1.54) is 9.80 Å². The van der Waals surface area contributed by atoms with E-state index in [0.717, 1.165) is 0 Å². The van der Waals surface area contributed by atoms with E-state index >= 15 is 0 Å². The van der Waals surface area contributed by atoms with Gasteiger partial charge in [0.05, 0.1) is 37.0 Å². The van der Waals surface area contributed by atoms with Crippen LogP contribution in [0.3, 0.4) is 0 Å². The first-order valence-electron chi connectivity index (χ1n) is 10.0. The van der Waals surface area contributed by atoms with Crippen LogP contribution in [0.25, 0.3) is 0 Å². The lowest BCUT2D eigenvalue weighted by Gasteiger charge is -2.29. The van der Waals surface area contributed by atoms with Gasteiger partial charge in [-0.3, -0.25) is 33.9 Å². The van der Waals surface area contributed by atoms with Gasteiger partial charge in [0.1, 0.15) is 0 Å². The molecular formula is C21H23Cl2N3O4. The number of rotatable bonds is 6. The molecule has 0 unspecified atom stereocenters. The minimum atomic E-state index is -0.438. The quantitative estimate of drug-likeness (QED) is 0.457. The van der Waals surface area contributed by atoms with Gasteiger partial charge < -0.3 is 0 Å². The molecule has 4 aliphatic rings. The van der Waals surface area contributed by atoms with Crippen LogP contribution >= 0.6 is 23.2 Å². The first-order valence-corrected chi connectivity index (χ1v) is 10.8. The van der Waals surface area contributed by atoms with Crippen LogP contribution in [-0.4, -0.2) is 58.2 Å². The maximum atomic E-state index is 12.8. The van der Waals surface area contributed by atoms with E-state index in [4.69, 9.17) is 23.2 Å². The maximum absolute atomic E-state index is 12.8. The van der Waals surface area contributed by atoms with Crippen LogP contribution in [0.15, 0.2) is 34.9 Å². The SMILES string of the molecule is C=CCN(CN1C(=O)[C@H]2CC=C(Cl)C[C@@H]2C1=O)CN1C(=O)[C@H]2CC=C(Cl)C[C@H]2C1=O. The Kier molecular flexibility index (Phi) is 5.88. The molecule has 0 aromatic rings. The van der Waals surface area contributed by atoms with Crippen molar-refractivity contribution in [2.45, 2.75) is 25.7 Å². The topological polar surface area (TPSA) is 78.0 Å². The minimum absolute atomic E-state index is 0.000292. The number of hydrogen-bond acceptors (Lipinski definition) is 5. The van der Waals surface area contributed by atoms with Crippen LogP contribution in [0.4, 0.5) is 0 Å². The Labute approximate surface area is 184 Å². The normalized spacial score (nSPS) is 31.2. The van der Waals surface area contributed by atoms with Crippen LogP contribution < -0.4 is 0 Å². The summed E-state index contributed by atoms with van der Waals surface area (Å²) in [6.07, 6.45) is 6.85. The van der Waals surface area contributed by atoms with Gasteiger partial charge in [-0.25, -0.2) is 0 Å². The zero-order valence-corrected chi connectivity index (χ0v) is 17.9. The summed E-state index contributed by atoms with van der Waals surface area (Å²) in [6, 6.07) is 0. The standard InChI is InChI=1S/C21H23Cl2N3O4/c1-2-7-24(10-25-18(27)14-5-3-12(22)8-16(14)20(25)29)11-26-19(28)15-6-4-13(23)9-17(15)21(26)30/h2-4,14-17H,1,5-11H2/t14-,15-,16-,17+/m0/s1. The largest absolute Gasteiger partial charge is 0.274 e. The van der Waals surface area contributed by atoms with Gasteiger partial charge in [-0.1, -0.05) is 41.4 Å². The van der Waals surface area contributed by atoms with Crippen molar-refractivity contribution in [3.63, 3.8) is 0 Å². The first-order chi connectivity index (χ1) is 14.3. The number of hydrogen-bond donors (Lipinski definition) is 0. The second-order valence-corrected chi connectivity index (χ2v) is 9.21. The van der Waals surface area contributed by atoms with Crippen LogP contribution in [0.5, 0.6) is 0 Å². The molecule has 0 radical (unpaired) electrons.